The lowest BCUT2D eigenvalue weighted by Crippen LogP contribution is -2.62. The van der Waals surface area contributed by atoms with Crippen molar-refractivity contribution in [3.05, 3.63) is 50.8 Å². The first-order chi connectivity index (χ1) is 11.3. The number of rotatable bonds is 2. The molecular formula is C16H19ClFN3O3. The molecule has 0 aromatic heterocycles. The highest BCUT2D eigenvalue weighted by molar-refractivity contribution is 6.30. The molecule has 2 aliphatic rings. The second kappa shape index (κ2) is 6.31. The van der Waals surface area contributed by atoms with Crippen LogP contribution in [0.25, 0.3) is 0 Å². The molecule has 8 heteroatoms. The van der Waals surface area contributed by atoms with Crippen LogP contribution in [-0.4, -0.2) is 34.4 Å². The monoisotopic (exact) mass is 355 g/mol. The zero-order chi connectivity index (χ0) is 17.5. The quantitative estimate of drug-likeness (QED) is 0.648. The summed E-state index contributed by atoms with van der Waals surface area (Å²) in [4.78, 5) is 13.3. The van der Waals surface area contributed by atoms with Crippen molar-refractivity contribution in [2.75, 3.05) is 18.5 Å². The molecule has 24 heavy (non-hydrogen) atoms. The molecule has 6 nitrogen and oxygen atoms in total. The average molecular weight is 356 g/mol. The molecule has 0 amide bonds. The number of fused-ring (bicyclic) bond motifs is 1. The molecule has 1 aliphatic heterocycles. The van der Waals surface area contributed by atoms with Gasteiger partial charge in [0, 0.05) is 17.8 Å². The van der Waals surface area contributed by atoms with Crippen molar-refractivity contribution in [1.29, 1.82) is 0 Å². The predicted molar refractivity (Wildman–Crippen MR) is 88.3 cm³/mol. The second-order valence-electron chi connectivity index (χ2n) is 6.40. The standard InChI is InChI=1S/C16H19ClFN3O3/c1-19-15-6-5-13(17)7-11(15)9-20(22)10-16(19,21(23)24)12-3-2-4-14(18)8-12/h5-8,12,22H,2-4,9-10H2,1H3/t12-,16+/m0/s1. The van der Waals surface area contributed by atoms with Crippen molar-refractivity contribution in [3.8, 4) is 0 Å². The Morgan fingerprint density at radius 1 is 1.50 bits per heavy atom. The summed E-state index contributed by atoms with van der Waals surface area (Å²) in [5, 5.41) is 23.8. The molecule has 1 aromatic rings. The van der Waals surface area contributed by atoms with Crippen LogP contribution in [0.3, 0.4) is 0 Å². The van der Waals surface area contributed by atoms with Gasteiger partial charge >= 0.3 is 5.66 Å². The molecule has 0 fully saturated rings. The maximum atomic E-state index is 13.8. The minimum atomic E-state index is -1.65. The molecule has 1 heterocycles. The van der Waals surface area contributed by atoms with Gasteiger partial charge in [-0.15, -0.1) is 0 Å². The normalized spacial score (nSPS) is 28.1. The van der Waals surface area contributed by atoms with Crippen LogP contribution in [-0.2, 0) is 6.54 Å². The van der Waals surface area contributed by atoms with Gasteiger partial charge in [0.15, 0.2) is 0 Å². The van der Waals surface area contributed by atoms with Gasteiger partial charge in [0.2, 0.25) is 0 Å². The van der Waals surface area contributed by atoms with Gasteiger partial charge < -0.3 is 10.1 Å². The molecule has 1 N–H and O–H groups in total. The van der Waals surface area contributed by atoms with Gasteiger partial charge in [-0.05, 0) is 49.1 Å². The van der Waals surface area contributed by atoms with Crippen molar-refractivity contribution < 1.29 is 14.5 Å². The first-order valence-corrected chi connectivity index (χ1v) is 8.19. The minimum absolute atomic E-state index is 0.120. The fourth-order valence-electron chi connectivity index (χ4n) is 3.77. The number of hydrogen-bond acceptors (Lipinski definition) is 5. The summed E-state index contributed by atoms with van der Waals surface area (Å²) in [7, 11) is 1.62. The second-order valence-corrected chi connectivity index (χ2v) is 6.84. The van der Waals surface area contributed by atoms with Crippen LogP contribution in [0, 0.1) is 16.0 Å². The van der Waals surface area contributed by atoms with Gasteiger partial charge in [-0.2, -0.15) is 5.06 Å². The van der Waals surface area contributed by atoms with Crippen LogP contribution in [0.1, 0.15) is 24.8 Å². The topological polar surface area (TPSA) is 69.8 Å². The summed E-state index contributed by atoms with van der Waals surface area (Å²) in [5.74, 6) is -0.964. The number of halogens is 2. The van der Waals surface area contributed by atoms with Gasteiger partial charge in [-0.3, -0.25) is 10.1 Å². The van der Waals surface area contributed by atoms with Crippen molar-refractivity contribution in [2.45, 2.75) is 31.5 Å². The molecule has 0 radical (unpaired) electrons. The molecule has 0 saturated carbocycles. The first kappa shape index (κ1) is 17.1. The number of likely N-dealkylation sites (N-methyl/N-ethyl adjacent to an activating group) is 1. The summed E-state index contributed by atoms with van der Waals surface area (Å²) in [6.45, 7) is -0.105. The third kappa shape index (κ3) is 2.76. The van der Waals surface area contributed by atoms with E-state index < -0.39 is 16.5 Å². The summed E-state index contributed by atoms with van der Waals surface area (Å²) in [5.41, 5.74) is -0.338. The van der Waals surface area contributed by atoms with Crippen LogP contribution >= 0.6 is 11.6 Å². The zero-order valence-corrected chi connectivity index (χ0v) is 14.0. The molecule has 130 valence electrons. The maximum Gasteiger partial charge on any atom is 0.317 e. The van der Waals surface area contributed by atoms with E-state index in [1.165, 1.54) is 6.08 Å². The van der Waals surface area contributed by atoms with E-state index in [-0.39, 0.29) is 18.9 Å². The van der Waals surface area contributed by atoms with Crippen molar-refractivity contribution in [2.24, 2.45) is 5.92 Å². The van der Waals surface area contributed by atoms with Gasteiger partial charge in [0.25, 0.3) is 0 Å². The lowest BCUT2D eigenvalue weighted by molar-refractivity contribution is -0.581. The van der Waals surface area contributed by atoms with Crippen LogP contribution in [0.15, 0.2) is 30.1 Å². The Morgan fingerprint density at radius 3 is 2.92 bits per heavy atom. The van der Waals surface area contributed by atoms with E-state index in [4.69, 9.17) is 11.6 Å². The van der Waals surface area contributed by atoms with Gasteiger partial charge in [0.1, 0.15) is 6.54 Å². The summed E-state index contributed by atoms with van der Waals surface area (Å²) in [6.07, 6.45) is 2.70. The van der Waals surface area contributed by atoms with Crippen LogP contribution in [0.4, 0.5) is 10.1 Å². The van der Waals surface area contributed by atoms with Crippen LogP contribution < -0.4 is 4.90 Å². The summed E-state index contributed by atoms with van der Waals surface area (Å²) >= 11 is 6.02. The fourth-order valence-corrected chi connectivity index (χ4v) is 3.96. The highest BCUT2D eigenvalue weighted by Gasteiger charge is 2.56. The molecule has 2 atom stereocenters. The van der Waals surface area contributed by atoms with Gasteiger partial charge in [-0.25, -0.2) is 4.39 Å². The zero-order valence-electron chi connectivity index (χ0n) is 13.3. The number of nitro groups is 1. The number of benzene rings is 1. The largest absolute Gasteiger partial charge is 0.317 e. The third-order valence-corrected chi connectivity index (χ3v) is 5.21. The van der Waals surface area contributed by atoms with E-state index >= 15 is 0 Å². The molecule has 0 saturated heterocycles. The summed E-state index contributed by atoms with van der Waals surface area (Å²) in [6, 6.07) is 5.05. The van der Waals surface area contributed by atoms with E-state index in [2.05, 4.69) is 0 Å². The van der Waals surface area contributed by atoms with Crippen molar-refractivity contribution in [3.63, 3.8) is 0 Å². The lowest BCUT2D eigenvalue weighted by atomic mass is 9.82. The number of hydrogen-bond donors (Lipinski definition) is 1. The smallest absolute Gasteiger partial charge is 0.313 e. The Bertz CT molecular complexity index is 699. The number of anilines is 1. The van der Waals surface area contributed by atoms with E-state index in [0.717, 1.165) is 5.06 Å². The number of hydroxylamine groups is 2. The SMILES string of the molecule is CN1c2ccc(Cl)cc2CN(O)C[C@]1([C@@H]1C=C(F)CCC1)[N+](=O)[O-]. The number of nitrogens with zero attached hydrogens (tertiary/aromatic N) is 3. The lowest BCUT2D eigenvalue weighted by Gasteiger charge is -2.40. The van der Waals surface area contributed by atoms with Crippen LogP contribution in [0.5, 0.6) is 0 Å². The average Bonchev–Trinajstić information content (AvgIpc) is 2.62. The Labute approximate surface area is 144 Å². The van der Waals surface area contributed by atoms with Crippen molar-refractivity contribution in [1.82, 2.24) is 5.06 Å². The Balaban J connectivity index is 2.16. The van der Waals surface area contributed by atoms with E-state index in [0.29, 0.717) is 35.5 Å². The molecule has 0 unspecified atom stereocenters. The number of allylic oxidation sites excluding steroid dienone is 1. The van der Waals surface area contributed by atoms with E-state index in [1.807, 2.05) is 0 Å². The minimum Gasteiger partial charge on any atom is -0.313 e. The highest BCUT2D eigenvalue weighted by Crippen LogP contribution is 2.41. The van der Waals surface area contributed by atoms with Gasteiger partial charge in [0.05, 0.1) is 23.2 Å². The summed E-state index contributed by atoms with van der Waals surface area (Å²) < 4.78 is 13.8. The molecular weight excluding hydrogens is 337 g/mol. The molecule has 1 aliphatic carbocycles. The van der Waals surface area contributed by atoms with Crippen LogP contribution in [0.2, 0.25) is 5.02 Å². The Hall–Kier alpha value is -1.70. The van der Waals surface area contributed by atoms with Crippen molar-refractivity contribution >= 4 is 17.3 Å². The molecule has 3 rings (SSSR count). The molecule has 0 spiro atoms. The Kier molecular flexibility index (Phi) is 4.50. The van der Waals surface area contributed by atoms with E-state index in [1.54, 1.807) is 30.1 Å². The maximum absolute atomic E-state index is 13.8. The van der Waals surface area contributed by atoms with Gasteiger partial charge in [-0.1, -0.05) is 11.6 Å². The molecule has 1 aromatic carbocycles. The first-order valence-electron chi connectivity index (χ1n) is 7.81. The Morgan fingerprint density at radius 2 is 2.25 bits per heavy atom. The fraction of sp³-hybridized carbons (Fsp3) is 0.500. The molecule has 0 bridgehead atoms. The highest BCUT2D eigenvalue weighted by atomic mass is 35.5. The predicted octanol–water partition coefficient (Wildman–Crippen LogP) is 3.61. The van der Waals surface area contributed by atoms with E-state index in [9.17, 15) is 19.7 Å². The third-order valence-electron chi connectivity index (χ3n) is 4.97.